The maximum Gasteiger partial charge on any atom is 0.350 e. The first kappa shape index (κ1) is 20.7. The van der Waals surface area contributed by atoms with Crippen molar-refractivity contribution in [1.82, 2.24) is 9.38 Å². The number of imidazole rings is 1. The highest BCUT2D eigenvalue weighted by Crippen LogP contribution is 2.39. The summed E-state index contributed by atoms with van der Waals surface area (Å²) in [6.07, 6.45) is 7.35. The Kier molecular flexibility index (Phi) is 6.27. The monoisotopic (exact) mass is 427 g/mol. The Hall–Kier alpha value is -2.54. The van der Waals surface area contributed by atoms with Gasteiger partial charge in [-0.2, -0.15) is 0 Å². The van der Waals surface area contributed by atoms with Crippen molar-refractivity contribution in [1.29, 1.82) is 0 Å². The van der Waals surface area contributed by atoms with Crippen LogP contribution in [0.15, 0.2) is 24.3 Å². The van der Waals surface area contributed by atoms with E-state index in [1.807, 2.05) is 38.1 Å². The van der Waals surface area contributed by atoms with Gasteiger partial charge in [0.05, 0.1) is 13.7 Å². The summed E-state index contributed by atoms with van der Waals surface area (Å²) >= 11 is 1.38. The highest BCUT2D eigenvalue weighted by atomic mass is 32.1. The van der Waals surface area contributed by atoms with Crippen molar-refractivity contribution in [3.8, 4) is 17.0 Å². The Labute approximate surface area is 181 Å². The van der Waals surface area contributed by atoms with Crippen molar-refractivity contribution in [2.24, 2.45) is 0 Å². The minimum atomic E-state index is -0.287. The van der Waals surface area contributed by atoms with Crippen LogP contribution in [0.3, 0.4) is 0 Å². The average Bonchev–Trinajstić information content (AvgIpc) is 3.13. The molecule has 1 aliphatic rings. The molecule has 0 spiro atoms. The number of nitrogens with one attached hydrogen (secondary N) is 1. The quantitative estimate of drug-likeness (QED) is 0.404. The first-order valence-corrected chi connectivity index (χ1v) is 11.5. The lowest BCUT2D eigenvalue weighted by atomic mass is 10.1. The van der Waals surface area contributed by atoms with Crippen molar-refractivity contribution >= 4 is 28.1 Å². The van der Waals surface area contributed by atoms with E-state index in [2.05, 4.69) is 9.72 Å². The lowest BCUT2D eigenvalue weighted by Gasteiger charge is -2.19. The van der Waals surface area contributed by atoms with Crippen molar-refractivity contribution in [3.63, 3.8) is 0 Å². The molecule has 2 aromatic heterocycles. The van der Waals surface area contributed by atoms with Gasteiger partial charge in [0.1, 0.15) is 22.1 Å². The topological polar surface area (TPSA) is 64.9 Å². The van der Waals surface area contributed by atoms with Crippen LogP contribution in [0.5, 0.6) is 5.75 Å². The summed E-state index contributed by atoms with van der Waals surface area (Å²) in [6.45, 7) is 4.14. The van der Waals surface area contributed by atoms with E-state index in [-0.39, 0.29) is 5.97 Å². The highest BCUT2D eigenvalue weighted by molar-refractivity contribution is 7.19. The Balaban J connectivity index is 1.85. The van der Waals surface area contributed by atoms with E-state index >= 15 is 0 Å². The number of rotatable bonds is 6. The van der Waals surface area contributed by atoms with Gasteiger partial charge in [0.25, 0.3) is 0 Å². The molecule has 1 saturated carbocycles. The molecule has 160 valence electrons. The van der Waals surface area contributed by atoms with Crippen LogP contribution in [0.1, 0.15) is 60.8 Å². The van der Waals surface area contributed by atoms with Crippen LogP contribution in [0.2, 0.25) is 0 Å². The molecule has 1 aromatic carbocycles. The minimum Gasteiger partial charge on any atom is -0.496 e. The Morgan fingerprint density at radius 3 is 2.67 bits per heavy atom. The van der Waals surface area contributed by atoms with Crippen LogP contribution in [0.4, 0.5) is 5.82 Å². The number of para-hydroxylation sites is 1. The van der Waals surface area contributed by atoms with Gasteiger partial charge in [0.2, 0.25) is 0 Å². The van der Waals surface area contributed by atoms with Crippen LogP contribution < -0.4 is 10.1 Å². The molecule has 3 aromatic rings. The molecule has 7 heteroatoms. The predicted molar refractivity (Wildman–Crippen MR) is 121 cm³/mol. The van der Waals surface area contributed by atoms with E-state index in [1.54, 1.807) is 7.11 Å². The summed E-state index contributed by atoms with van der Waals surface area (Å²) < 4.78 is 12.9. The van der Waals surface area contributed by atoms with Gasteiger partial charge in [-0.1, -0.05) is 49.2 Å². The van der Waals surface area contributed by atoms with E-state index < -0.39 is 0 Å². The summed E-state index contributed by atoms with van der Waals surface area (Å²) in [6, 6.07) is 8.34. The molecule has 1 fully saturated rings. The molecule has 0 saturated heterocycles. The fourth-order valence-corrected chi connectivity index (χ4v) is 5.23. The number of benzene rings is 1. The molecule has 1 aliphatic carbocycles. The lowest BCUT2D eigenvalue weighted by molar-refractivity contribution is 0.0531. The highest BCUT2D eigenvalue weighted by Gasteiger charge is 2.26. The zero-order chi connectivity index (χ0) is 21.1. The van der Waals surface area contributed by atoms with E-state index in [0.29, 0.717) is 17.5 Å². The molecule has 0 unspecified atom stereocenters. The lowest BCUT2D eigenvalue weighted by Crippen LogP contribution is -2.20. The van der Waals surface area contributed by atoms with Crippen LogP contribution in [-0.2, 0) is 4.74 Å². The van der Waals surface area contributed by atoms with Gasteiger partial charge in [-0.05, 0) is 38.8 Å². The first-order chi connectivity index (χ1) is 14.6. The molecular weight excluding hydrogens is 398 g/mol. The molecule has 0 amide bonds. The standard InChI is InChI=1S/C23H29N3O3S/c1-4-29-22(27)20-15(2)26-21(24-16-11-7-5-6-8-12-16)19(25-23(26)30-20)17-13-9-10-14-18(17)28-3/h9-10,13-14,16,24H,4-8,11-12H2,1-3H3. The molecule has 2 heterocycles. The number of hydrogen-bond acceptors (Lipinski definition) is 6. The molecule has 0 radical (unpaired) electrons. The third-order valence-electron chi connectivity index (χ3n) is 5.72. The number of thiazole rings is 1. The molecule has 6 nitrogen and oxygen atoms in total. The average molecular weight is 428 g/mol. The Morgan fingerprint density at radius 1 is 1.23 bits per heavy atom. The molecule has 4 rings (SSSR count). The van der Waals surface area contributed by atoms with Crippen molar-refractivity contribution in [3.05, 3.63) is 34.8 Å². The van der Waals surface area contributed by atoms with Gasteiger partial charge in [0, 0.05) is 17.3 Å². The number of fused-ring (bicyclic) bond motifs is 1. The fourth-order valence-electron chi connectivity index (χ4n) is 4.21. The SMILES string of the molecule is CCOC(=O)c1sc2nc(-c3ccccc3OC)c(NC3CCCCCC3)n2c1C. The maximum atomic E-state index is 12.4. The van der Waals surface area contributed by atoms with E-state index in [4.69, 9.17) is 14.5 Å². The number of methoxy groups -OCH3 is 1. The number of ether oxygens (including phenoxy) is 2. The van der Waals surface area contributed by atoms with E-state index in [1.165, 1.54) is 37.0 Å². The fraction of sp³-hybridized carbons (Fsp3) is 0.478. The van der Waals surface area contributed by atoms with Crippen molar-refractivity contribution < 1.29 is 14.3 Å². The van der Waals surface area contributed by atoms with Gasteiger partial charge in [0.15, 0.2) is 4.96 Å². The van der Waals surface area contributed by atoms with Crippen LogP contribution >= 0.6 is 11.3 Å². The van der Waals surface area contributed by atoms with Crippen molar-refractivity contribution in [2.75, 3.05) is 19.0 Å². The van der Waals surface area contributed by atoms with Crippen LogP contribution in [0, 0.1) is 6.92 Å². The predicted octanol–water partition coefficient (Wildman–Crippen LogP) is 5.69. The zero-order valence-electron chi connectivity index (χ0n) is 17.9. The summed E-state index contributed by atoms with van der Waals surface area (Å²) in [5, 5.41) is 3.79. The van der Waals surface area contributed by atoms with Crippen LogP contribution in [-0.4, -0.2) is 35.1 Å². The van der Waals surface area contributed by atoms with Gasteiger partial charge in [-0.3, -0.25) is 4.40 Å². The maximum absolute atomic E-state index is 12.4. The molecule has 0 bridgehead atoms. The Morgan fingerprint density at radius 2 is 1.97 bits per heavy atom. The van der Waals surface area contributed by atoms with Gasteiger partial charge >= 0.3 is 5.97 Å². The van der Waals surface area contributed by atoms with Gasteiger partial charge in [-0.15, -0.1) is 0 Å². The number of carbonyl (C=O) groups is 1. The number of hydrogen-bond donors (Lipinski definition) is 1. The zero-order valence-corrected chi connectivity index (χ0v) is 18.7. The number of anilines is 1. The smallest absolute Gasteiger partial charge is 0.350 e. The number of carbonyl (C=O) groups excluding carboxylic acids is 1. The molecular formula is C23H29N3O3S. The largest absolute Gasteiger partial charge is 0.496 e. The van der Waals surface area contributed by atoms with Crippen molar-refractivity contribution in [2.45, 2.75) is 58.4 Å². The molecule has 0 atom stereocenters. The van der Waals surface area contributed by atoms with Crippen LogP contribution in [0.25, 0.3) is 16.2 Å². The van der Waals surface area contributed by atoms with E-state index in [0.717, 1.165) is 46.3 Å². The molecule has 1 N–H and O–H groups in total. The third-order valence-corrected chi connectivity index (χ3v) is 6.85. The summed E-state index contributed by atoms with van der Waals surface area (Å²) in [5.41, 5.74) is 2.67. The second-order valence-electron chi connectivity index (χ2n) is 7.70. The number of aromatic nitrogens is 2. The summed E-state index contributed by atoms with van der Waals surface area (Å²) in [7, 11) is 1.68. The van der Waals surface area contributed by atoms with Gasteiger partial charge in [-0.25, -0.2) is 9.78 Å². The molecule has 30 heavy (non-hydrogen) atoms. The first-order valence-electron chi connectivity index (χ1n) is 10.7. The minimum absolute atomic E-state index is 0.287. The number of nitrogens with zero attached hydrogens (tertiary/aromatic N) is 2. The Bertz CT molecular complexity index is 1030. The normalized spacial score (nSPS) is 15.2. The third kappa shape index (κ3) is 3.90. The second kappa shape index (κ2) is 9.08. The molecule has 0 aliphatic heterocycles. The summed E-state index contributed by atoms with van der Waals surface area (Å²) in [4.78, 5) is 18.8. The second-order valence-corrected chi connectivity index (χ2v) is 8.67. The summed E-state index contributed by atoms with van der Waals surface area (Å²) in [5.74, 6) is 1.44. The number of aryl methyl sites for hydroxylation is 1. The number of esters is 1. The van der Waals surface area contributed by atoms with Gasteiger partial charge < -0.3 is 14.8 Å². The van der Waals surface area contributed by atoms with E-state index in [9.17, 15) is 4.79 Å².